The molecule has 0 spiro atoms. The highest BCUT2D eigenvalue weighted by Gasteiger charge is 2.37. The van der Waals surface area contributed by atoms with E-state index in [0.717, 1.165) is 0 Å². The molecular formula is C7H14N2O4S. The molecule has 2 atom stereocenters. The van der Waals surface area contributed by atoms with Gasteiger partial charge in [-0.3, -0.25) is 4.79 Å². The number of sulfonamides is 1. The van der Waals surface area contributed by atoms with Gasteiger partial charge in [0.05, 0.1) is 0 Å². The summed E-state index contributed by atoms with van der Waals surface area (Å²) in [4.78, 5) is 10.3. The van der Waals surface area contributed by atoms with Crippen molar-refractivity contribution in [3.8, 4) is 0 Å². The van der Waals surface area contributed by atoms with E-state index in [-0.39, 0.29) is 12.1 Å². The second kappa shape index (κ2) is 3.84. The van der Waals surface area contributed by atoms with Gasteiger partial charge < -0.3 is 10.8 Å². The molecule has 0 amide bonds. The van der Waals surface area contributed by atoms with Gasteiger partial charge in [-0.15, -0.1) is 0 Å². The molecule has 0 saturated carbocycles. The van der Waals surface area contributed by atoms with Crippen LogP contribution in [-0.4, -0.2) is 48.2 Å². The summed E-state index contributed by atoms with van der Waals surface area (Å²) in [6, 6.07) is -0.502. The minimum absolute atomic E-state index is 0.196. The molecule has 1 fully saturated rings. The molecule has 0 aromatic rings. The molecule has 1 saturated heterocycles. The fraction of sp³-hybridized carbons (Fsp3) is 0.857. The summed E-state index contributed by atoms with van der Waals surface area (Å²) in [5.74, 6) is -2.19. The third-order valence-corrected chi connectivity index (χ3v) is 4.26. The highest BCUT2D eigenvalue weighted by molar-refractivity contribution is 7.89. The van der Waals surface area contributed by atoms with E-state index in [1.54, 1.807) is 6.92 Å². The van der Waals surface area contributed by atoms with Crippen LogP contribution in [0, 0.1) is 0 Å². The maximum Gasteiger partial charge on any atom is 0.320 e. The Kier molecular flexibility index (Phi) is 3.13. The highest BCUT2D eigenvalue weighted by Crippen LogP contribution is 2.19. The van der Waals surface area contributed by atoms with Crippen LogP contribution >= 0.6 is 0 Å². The molecule has 7 heteroatoms. The first-order valence-corrected chi connectivity index (χ1v) is 5.92. The van der Waals surface area contributed by atoms with Gasteiger partial charge in [0.2, 0.25) is 10.0 Å². The topological polar surface area (TPSA) is 101 Å². The number of carbonyl (C=O) groups is 1. The molecule has 1 aliphatic rings. The zero-order chi connectivity index (χ0) is 10.9. The number of hydrogen-bond donors (Lipinski definition) is 2. The summed E-state index contributed by atoms with van der Waals surface area (Å²) in [5, 5.41) is 8.42. The lowest BCUT2D eigenvalue weighted by Crippen LogP contribution is -2.42. The maximum atomic E-state index is 11.5. The lowest BCUT2D eigenvalue weighted by molar-refractivity contribution is -0.134. The lowest BCUT2D eigenvalue weighted by Gasteiger charge is -2.21. The van der Waals surface area contributed by atoms with Gasteiger partial charge in [-0.2, -0.15) is 4.31 Å². The van der Waals surface area contributed by atoms with Crippen LogP contribution in [0.5, 0.6) is 0 Å². The Labute approximate surface area is 82.7 Å². The van der Waals surface area contributed by atoms with E-state index >= 15 is 0 Å². The molecule has 2 unspecified atom stereocenters. The molecule has 6 nitrogen and oxygen atoms in total. The minimum Gasteiger partial charge on any atom is -0.480 e. The van der Waals surface area contributed by atoms with Crippen molar-refractivity contribution in [2.45, 2.75) is 25.4 Å². The first-order chi connectivity index (χ1) is 6.34. The van der Waals surface area contributed by atoms with E-state index in [9.17, 15) is 13.2 Å². The molecule has 0 bridgehead atoms. The van der Waals surface area contributed by atoms with Gasteiger partial charge >= 0.3 is 5.97 Å². The normalized spacial score (nSPS) is 29.3. The zero-order valence-corrected chi connectivity index (χ0v) is 8.70. The van der Waals surface area contributed by atoms with Crippen LogP contribution in [-0.2, 0) is 14.8 Å². The molecule has 3 N–H and O–H groups in total. The fourth-order valence-electron chi connectivity index (χ4n) is 1.57. The number of aliphatic carboxylic acids is 1. The monoisotopic (exact) mass is 222 g/mol. The fourth-order valence-corrected chi connectivity index (χ4v) is 3.09. The van der Waals surface area contributed by atoms with Crippen molar-refractivity contribution in [2.24, 2.45) is 5.73 Å². The van der Waals surface area contributed by atoms with E-state index in [1.165, 1.54) is 4.31 Å². The molecule has 14 heavy (non-hydrogen) atoms. The first kappa shape index (κ1) is 11.4. The number of nitrogens with two attached hydrogens (primary N) is 1. The van der Waals surface area contributed by atoms with E-state index in [1.807, 2.05) is 0 Å². The van der Waals surface area contributed by atoms with Crippen molar-refractivity contribution < 1.29 is 18.3 Å². The SMILES string of the molecule is CC1C(N)CCN1S(=O)(=O)CC(=O)O. The number of hydrogen-bond acceptors (Lipinski definition) is 4. The van der Waals surface area contributed by atoms with Gasteiger partial charge in [-0.1, -0.05) is 0 Å². The molecule has 0 aromatic carbocycles. The largest absolute Gasteiger partial charge is 0.480 e. The van der Waals surface area contributed by atoms with Crippen LogP contribution in [0.25, 0.3) is 0 Å². The first-order valence-electron chi connectivity index (χ1n) is 4.31. The minimum atomic E-state index is -3.69. The smallest absolute Gasteiger partial charge is 0.320 e. The highest BCUT2D eigenvalue weighted by atomic mass is 32.2. The Balaban J connectivity index is 2.79. The Morgan fingerprint density at radius 3 is 2.57 bits per heavy atom. The van der Waals surface area contributed by atoms with Gasteiger partial charge in [0.25, 0.3) is 0 Å². The number of nitrogens with zero attached hydrogens (tertiary/aromatic N) is 1. The molecular weight excluding hydrogens is 208 g/mol. The summed E-state index contributed by atoms with van der Waals surface area (Å²) in [5.41, 5.74) is 5.64. The van der Waals surface area contributed by atoms with Crippen LogP contribution in [0.2, 0.25) is 0 Å². The van der Waals surface area contributed by atoms with E-state index in [4.69, 9.17) is 10.8 Å². The van der Waals surface area contributed by atoms with Crippen molar-refractivity contribution in [1.82, 2.24) is 4.31 Å². The van der Waals surface area contributed by atoms with E-state index in [2.05, 4.69) is 0 Å². The Hall–Kier alpha value is -0.660. The standard InChI is InChI=1S/C7H14N2O4S/c1-5-6(8)2-3-9(5)14(12,13)4-7(10)11/h5-6H,2-4,8H2,1H3,(H,10,11). The molecule has 82 valence electrons. The van der Waals surface area contributed by atoms with Gasteiger partial charge in [0.1, 0.15) is 0 Å². The Morgan fingerprint density at radius 2 is 2.21 bits per heavy atom. The van der Waals surface area contributed by atoms with Crippen molar-refractivity contribution in [3.05, 3.63) is 0 Å². The molecule has 1 aliphatic heterocycles. The average Bonchev–Trinajstić information content (AvgIpc) is 2.30. The summed E-state index contributed by atoms with van der Waals surface area (Å²) in [6.07, 6.45) is 0.583. The third kappa shape index (κ3) is 2.23. The van der Waals surface area contributed by atoms with Gasteiger partial charge in [-0.25, -0.2) is 8.42 Å². The van der Waals surface area contributed by atoms with Gasteiger partial charge in [0.15, 0.2) is 5.75 Å². The Morgan fingerprint density at radius 1 is 1.64 bits per heavy atom. The van der Waals surface area contributed by atoms with Crippen molar-refractivity contribution >= 4 is 16.0 Å². The molecule has 0 aromatic heterocycles. The predicted octanol–water partition coefficient (Wildman–Crippen LogP) is -1.18. The number of rotatable bonds is 3. The van der Waals surface area contributed by atoms with E-state index in [0.29, 0.717) is 13.0 Å². The predicted molar refractivity (Wildman–Crippen MR) is 50.2 cm³/mol. The summed E-state index contributed by atoms with van der Waals surface area (Å²) in [7, 11) is -3.69. The summed E-state index contributed by atoms with van der Waals surface area (Å²) >= 11 is 0. The van der Waals surface area contributed by atoms with Crippen molar-refractivity contribution in [2.75, 3.05) is 12.3 Å². The number of carboxylic acid groups (broad SMARTS) is 1. The second-order valence-corrected chi connectivity index (χ2v) is 5.38. The van der Waals surface area contributed by atoms with Gasteiger partial charge in [0, 0.05) is 18.6 Å². The van der Waals surface area contributed by atoms with Crippen LogP contribution in [0.4, 0.5) is 0 Å². The quantitative estimate of drug-likeness (QED) is 0.626. The van der Waals surface area contributed by atoms with Crippen LogP contribution < -0.4 is 5.73 Å². The van der Waals surface area contributed by atoms with Crippen molar-refractivity contribution in [3.63, 3.8) is 0 Å². The molecule has 0 aliphatic carbocycles. The van der Waals surface area contributed by atoms with Crippen molar-refractivity contribution in [1.29, 1.82) is 0 Å². The molecule has 1 heterocycles. The summed E-state index contributed by atoms with van der Waals surface area (Å²) < 4.78 is 24.1. The average molecular weight is 222 g/mol. The van der Waals surface area contributed by atoms with Crippen LogP contribution in [0.1, 0.15) is 13.3 Å². The molecule has 1 rings (SSSR count). The number of carboxylic acids is 1. The third-order valence-electron chi connectivity index (χ3n) is 2.42. The molecule has 0 radical (unpaired) electrons. The second-order valence-electron chi connectivity index (χ2n) is 3.45. The van der Waals surface area contributed by atoms with Crippen LogP contribution in [0.15, 0.2) is 0 Å². The maximum absolute atomic E-state index is 11.5. The lowest BCUT2D eigenvalue weighted by atomic mass is 10.2. The summed E-state index contributed by atoms with van der Waals surface area (Å²) in [6.45, 7) is 2.01. The van der Waals surface area contributed by atoms with E-state index < -0.39 is 21.7 Å². The van der Waals surface area contributed by atoms with Crippen LogP contribution in [0.3, 0.4) is 0 Å². The Bertz CT molecular complexity index is 327. The zero-order valence-electron chi connectivity index (χ0n) is 7.88. The van der Waals surface area contributed by atoms with Gasteiger partial charge in [-0.05, 0) is 13.3 Å².